The van der Waals surface area contributed by atoms with Crippen molar-refractivity contribution in [2.24, 2.45) is 0 Å². The molecule has 0 aromatic heterocycles. The first-order valence-corrected chi connectivity index (χ1v) is 7.85. The van der Waals surface area contributed by atoms with Crippen LogP contribution in [0.2, 0.25) is 0 Å². The number of benzene rings is 1. The van der Waals surface area contributed by atoms with Gasteiger partial charge in [0.05, 0.1) is 0 Å². The molecule has 1 fully saturated rings. The highest BCUT2D eigenvalue weighted by Crippen LogP contribution is 2.30. The van der Waals surface area contributed by atoms with Crippen molar-refractivity contribution in [3.05, 3.63) is 35.4 Å². The molecule has 1 aliphatic carbocycles. The second kappa shape index (κ2) is 7.18. The molecule has 0 heterocycles. The van der Waals surface area contributed by atoms with Gasteiger partial charge in [0.15, 0.2) is 0 Å². The third kappa shape index (κ3) is 4.03. The van der Waals surface area contributed by atoms with E-state index in [0.717, 1.165) is 43.9 Å². The Morgan fingerprint density at radius 2 is 1.64 bits per heavy atom. The molecule has 0 unspecified atom stereocenters. The average molecular weight is 310 g/mol. The lowest BCUT2D eigenvalue weighted by molar-refractivity contribution is 0.0868. The zero-order chi connectivity index (χ0) is 16.2. The van der Waals surface area contributed by atoms with Crippen LogP contribution in [0, 0.1) is 11.6 Å². The van der Waals surface area contributed by atoms with Crippen LogP contribution in [0.1, 0.15) is 48.9 Å². The Kier molecular flexibility index (Phi) is 5.51. The molecule has 0 aliphatic heterocycles. The highest BCUT2D eigenvalue weighted by Gasteiger charge is 2.33. The zero-order valence-electron chi connectivity index (χ0n) is 13.3. The van der Waals surface area contributed by atoms with E-state index >= 15 is 0 Å². The van der Waals surface area contributed by atoms with Gasteiger partial charge in [0, 0.05) is 23.7 Å². The predicted molar refractivity (Wildman–Crippen MR) is 82.8 cm³/mol. The van der Waals surface area contributed by atoms with Crippen LogP contribution in [0.15, 0.2) is 18.2 Å². The van der Waals surface area contributed by atoms with Crippen molar-refractivity contribution >= 4 is 5.91 Å². The molecule has 0 bridgehead atoms. The highest BCUT2D eigenvalue weighted by atomic mass is 19.1. The van der Waals surface area contributed by atoms with E-state index in [1.54, 1.807) is 0 Å². The van der Waals surface area contributed by atoms with Crippen LogP contribution in [-0.4, -0.2) is 37.0 Å². The summed E-state index contributed by atoms with van der Waals surface area (Å²) in [6.07, 6.45) is 6.78. The Hall–Kier alpha value is -1.49. The van der Waals surface area contributed by atoms with Gasteiger partial charge in [-0.3, -0.25) is 4.79 Å². The minimum absolute atomic E-state index is 0.0278. The van der Waals surface area contributed by atoms with E-state index in [4.69, 9.17) is 0 Å². The second-order valence-corrected chi connectivity index (χ2v) is 6.37. The summed E-state index contributed by atoms with van der Waals surface area (Å²) in [5.74, 6) is -1.90. The quantitative estimate of drug-likeness (QED) is 0.865. The van der Waals surface area contributed by atoms with E-state index in [1.165, 1.54) is 12.8 Å². The van der Waals surface area contributed by atoms with Crippen LogP contribution in [0.25, 0.3) is 0 Å². The van der Waals surface area contributed by atoms with E-state index in [2.05, 4.69) is 10.2 Å². The number of nitrogens with zero attached hydrogens (tertiary/aromatic N) is 1. The van der Waals surface area contributed by atoms with E-state index in [0.29, 0.717) is 6.54 Å². The Labute approximate surface area is 130 Å². The van der Waals surface area contributed by atoms with E-state index in [-0.39, 0.29) is 11.1 Å². The van der Waals surface area contributed by atoms with Gasteiger partial charge in [0.1, 0.15) is 11.6 Å². The normalized spacial score (nSPS) is 18.0. The number of likely N-dealkylation sites (N-methyl/N-ethyl adjacent to an activating group) is 1. The SMILES string of the molecule is CN(C)C1(CNC(=O)c2cc(F)cc(F)c2)CCCCCC1. The number of rotatable bonds is 4. The lowest BCUT2D eigenvalue weighted by Crippen LogP contribution is -2.52. The van der Waals surface area contributed by atoms with Crippen LogP contribution < -0.4 is 5.32 Å². The first-order valence-electron chi connectivity index (χ1n) is 7.85. The largest absolute Gasteiger partial charge is 0.350 e. The highest BCUT2D eigenvalue weighted by molar-refractivity contribution is 5.94. The van der Waals surface area contributed by atoms with E-state index < -0.39 is 17.5 Å². The molecule has 1 aliphatic rings. The molecule has 122 valence electrons. The van der Waals surface area contributed by atoms with Gasteiger partial charge in [-0.2, -0.15) is 0 Å². The summed E-state index contributed by atoms with van der Waals surface area (Å²) >= 11 is 0. The summed E-state index contributed by atoms with van der Waals surface area (Å²) in [7, 11) is 4.05. The molecule has 1 saturated carbocycles. The summed E-state index contributed by atoms with van der Waals surface area (Å²) < 4.78 is 26.4. The van der Waals surface area contributed by atoms with Crippen molar-refractivity contribution in [3.63, 3.8) is 0 Å². The molecule has 0 saturated heterocycles. The number of hydrogen-bond donors (Lipinski definition) is 1. The third-order valence-electron chi connectivity index (χ3n) is 4.69. The maximum absolute atomic E-state index is 13.2. The molecule has 0 radical (unpaired) electrons. The number of nitrogens with one attached hydrogen (secondary N) is 1. The number of carbonyl (C=O) groups excluding carboxylic acids is 1. The van der Waals surface area contributed by atoms with E-state index in [1.807, 2.05) is 14.1 Å². The van der Waals surface area contributed by atoms with Gasteiger partial charge in [0.2, 0.25) is 0 Å². The molecule has 5 heteroatoms. The number of amides is 1. The molecule has 1 aromatic carbocycles. The summed E-state index contributed by atoms with van der Waals surface area (Å²) in [5.41, 5.74) is -0.0436. The van der Waals surface area contributed by atoms with Gasteiger partial charge >= 0.3 is 0 Å². The zero-order valence-corrected chi connectivity index (χ0v) is 13.3. The summed E-state index contributed by atoms with van der Waals surface area (Å²) in [4.78, 5) is 14.4. The van der Waals surface area contributed by atoms with Crippen molar-refractivity contribution in [1.82, 2.24) is 10.2 Å². The topological polar surface area (TPSA) is 32.3 Å². The Morgan fingerprint density at radius 3 is 2.14 bits per heavy atom. The van der Waals surface area contributed by atoms with Gasteiger partial charge in [-0.05, 0) is 39.1 Å². The average Bonchev–Trinajstić information content (AvgIpc) is 2.70. The Balaban J connectivity index is 2.07. The maximum Gasteiger partial charge on any atom is 0.251 e. The molecular formula is C17H24F2N2O. The fourth-order valence-corrected chi connectivity index (χ4v) is 3.20. The van der Waals surface area contributed by atoms with Gasteiger partial charge in [-0.15, -0.1) is 0 Å². The molecule has 1 aromatic rings. The molecular weight excluding hydrogens is 286 g/mol. The van der Waals surface area contributed by atoms with Crippen molar-refractivity contribution < 1.29 is 13.6 Å². The molecule has 1 N–H and O–H groups in total. The van der Waals surface area contributed by atoms with Crippen molar-refractivity contribution in [1.29, 1.82) is 0 Å². The molecule has 0 atom stereocenters. The monoisotopic (exact) mass is 310 g/mol. The molecule has 0 spiro atoms. The third-order valence-corrected chi connectivity index (χ3v) is 4.69. The second-order valence-electron chi connectivity index (χ2n) is 6.37. The lowest BCUT2D eigenvalue weighted by Gasteiger charge is -2.39. The first-order chi connectivity index (χ1) is 10.4. The number of carbonyl (C=O) groups is 1. The molecule has 3 nitrogen and oxygen atoms in total. The fourth-order valence-electron chi connectivity index (χ4n) is 3.20. The van der Waals surface area contributed by atoms with Gasteiger partial charge in [0.25, 0.3) is 5.91 Å². The predicted octanol–water partition coefficient (Wildman–Crippen LogP) is 3.35. The number of halogens is 2. The lowest BCUT2D eigenvalue weighted by atomic mass is 9.88. The molecule has 2 rings (SSSR count). The number of hydrogen-bond acceptors (Lipinski definition) is 2. The van der Waals surface area contributed by atoms with E-state index in [9.17, 15) is 13.6 Å². The van der Waals surface area contributed by atoms with Crippen LogP contribution in [-0.2, 0) is 0 Å². The Bertz CT molecular complexity index is 503. The van der Waals surface area contributed by atoms with Gasteiger partial charge in [-0.1, -0.05) is 25.7 Å². The van der Waals surface area contributed by atoms with Crippen LogP contribution in [0.3, 0.4) is 0 Å². The maximum atomic E-state index is 13.2. The van der Waals surface area contributed by atoms with Crippen LogP contribution in [0.5, 0.6) is 0 Å². The smallest absolute Gasteiger partial charge is 0.251 e. The summed E-state index contributed by atoms with van der Waals surface area (Å²) in [6.45, 7) is 0.497. The minimum atomic E-state index is -0.734. The van der Waals surface area contributed by atoms with Gasteiger partial charge < -0.3 is 10.2 Å². The Morgan fingerprint density at radius 1 is 1.09 bits per heavy atom. The minimum Gasteiger partial charge on any atom is -0.350 e. The summed E-state index contributed by atoms with van der Waals surface area (Å²) in [5, 5.41) is 2.86. The summed E-state index contributed by atoms with van der Waals surface area (Å²) in [6, 6.07) is 2.89. The fraction of sp³-hybridized carbons (Fsp3) is 0.588. The van der Waals surface area contributed by atoms with Gasteiger partial charge in [-0.25, -0.2) is 8.78 Å². The standard InChI is InChI=1S/C17H24F2N2O/c1-21(2)17(7-5-3-4-6-8-17)12-20-16(22)13-9-14(18)11-15(19)10-13/h9-11H,3-8,12H2,1-2H3,(H,20,22). The van der Waals surface area contributed by atoms with Crippen molar-refractivity contribution in [2.75, 3.05) is 20.6 Å². The van der Waals surface area contributed by atoms with Crippen LogP contribution in [0.4, 0.5) is 8.78 Å². The molecule has 22 heavy (non-hydrogen) atoms. The van der Waals surface area contributed by atoms with Crippen LogP contribution >= 0.6 is 0 Å². The van der Waals surface area contributed by atoms with Crippen molar-refractivity contribution in [2.45, 2.75) is 44.1 Å². The first kappa shape index (κ1) is 16.9. The van der Waals surface area contributed by atoms with Crippen molar-refractivity contribution in [3.8, 4) is 0 Å². The molecule has 1 amide bonds.